The molecule has 7 heteroatoms. The summed E-state index contributed by atoms with van der Waals surface area (Å²) in [5, 5.41) is 9.15. The molecule has 1 aliphatic rings. The molecule has 22 heavy (non-hydrogen) atoms. The Balaban J connectivity index is 1.73. The molecule has 0 N–H and O–H groups in total. The Hall–Kier alpha value is -1.92. The molecule has 0 radical (unpaired) electrons. The van der Waals surface area contributed by atoms with Crippen molar-refractivity contribution in [2.45, 2.75) is 31.4 Å². The first-order valence-corrected chi connectivity index (χ1v) is 7.55. The highest BCUT2D eigenvalue weighted by Gasteiger charge is 2.42. The molecule has 0 amide bonds. The van der Waals surface area contributed by atoms with Gasteiger partial charge in [0.1, 0.15) is 10.8 Å². The zero-order chi connectivity index (χ0) is 15.3. The summed E-state index contributed by atoms with van der Waals surface area (Å²) in [5.74, 6) is 0. The molecule has 0 saturated heterocycles. The van der Waals surface area contributed by atoms with Gasteiger partial charge in [0.05, 0.1) is 35.8 Å². The number of hydrogen-bond donors (Lipinski definition) is 0. The quantitative estimate of drug-likeness (QED) is 0.745. The van der Waals surface area contributed by atoms with Crippen LogP contribution in [0.5, 0.6) is 0 Å². The molecule has 114 valence electrons. The van der Waals surface area contributed by atoms with E-state index in [-0.39, 0.29) is 5.54 Å². The molecule has 3 aromatic heterocycles. The molecule has 6 nitrogen and oxygen atoms in total. The summed E-state index contributed by atoms with van der Waals surface area (Å²) in [6.07, 6.45) is 9.54. The molecule has 1 aliphatic carbocycles. The van der Waals surface area contributed by atoms with E-state index in [0.29, 0.717) is 11.3 Å². The second-order valence-corrected chi connectivity index (χ2v) is 6.40. The van der Waals surface area contributed by atoms with Gasteiger partial charge in [-0.15, -0.1) is 0 Å². The molecule has 0 spiro atoms. The topological polar surface area (TPSA) is 57.2 Å². The van der Waals surface area contributed by atoms with Crippen molar-refractivity contribution in [3.8, 4) is 11.3 Å². The van der Waals surface area contributed by atoms with E-state index in [2.05, 4.69) is 22.1 Å². The van der Waals surface area contributed by atoms with E-state index in [4.69, 9.17) is 16.3 Å². The summed E-state index contributed by atoms with van der Waals surface area (Å²) in [4.78, 5) is 4.44. The molecule has 4 rings (SSSR count). The number of methoxy groups -OCH3 is 1. The summed E-state index contributed by atoms with van der Waals surface area (Å²) >= 11 is 6.09. The van der Waals surface area contributed by atoms with Crippen LogP contribution in [0.25, 0.3) is 16.8 Å². The largest absolute Gasteiger partial charge is 0.381 e. The van der Waals surface area contributed by atoms with Crippen LogP contribution in [0.1, 0.15) is 19.8 Å². The third kappa shape index (κ3) is 2.02. The molecule has 1 saturated carbocycles. The van der Waals surface area contributed by atoms with Crippen LogP contribution in [-0.4, -0.2) is 37.6 Å². The third-order valence-electron chi connectivity index (χ3n) is 4.44. The van der Waals surface area contributed by atoms with Gasteiger partial charge in [-0.05, 0) is 25.8 Å². The average Bonchev–Trinajstić information content (AvgIpc) is 3.11. The van der Waals surface area contributed by atoms with Gasteiger partial charge in [-0.1, -0.05) is 11.6 Å². The minimum absolute atomic E-state index is 0.00797. The van der Waals surface area contributed by atoms with Crippen molar-refractivity contribution in [3.05, 3.63) is 36.0 Å². The fraction of sp³-hybridized carbons (Fsp3) is 0.400. The Labute approximate surface area is 132 Å². The van der Waals surface area contributed by atoms with E-state index >= 15 is 0 Å². The minimum Gasteiger partial charge on any atom is -0.381 e. The van der Waals surface area contributed by atoms with Gasteiger partial charge in [-0.25, -0.2) is 9.50 Å². The number of ether oxygens (including phenoxy) is 1. The smallest absolute Gasteiger partial charge is 0.148 e. The Kier molecular flexibility index (Phi) is 2.99. The van der Waals surface area contributed by atoms with E-state index in [1.54, 1.807) is 24.0 Å². The average molecular weight is 318 g/mol. The number of fused-ring (bicyclic) bond motifs is 1. The molecule has 1 fully saturated rings. The van der Waals surface area contributed by atoms with Gasteiger partial charge in [-0.2, -0.15) is 10.2 Å². The second-order valence-electron chi connectivity index (χ2n) is 6.01. The zero-order valence-electron chi connectivity index (χ0n) is 12.4. The van der Waals surface area contributed by atoms with Gasteiger partial charge in [-0.3, -0.25) is 4.68 Å². The molecule has 0 bridgehead atoms. The molecule has 3 aromatic rings. The lowest BCUT2D eigenvalue weighted by Crippen LogP contribution is -2.47. The molecule has 0 aromatic carbocycles. The van der Waals surface area contributed by atoms with Crippen LogP contribution in [0.4, 0.5) is 0 Å². The Morgan fingerprint density at radius 3 is 2.91 bits per heavy atom. The van der Waals surface area contributed by atoms with E-state index in [0.717, 1.165) is 29.6 Å². The fourth-order valence-electron chi connectivity index (χ4n) is 3.13. The standard InChI is InChI=1S/C15H16ClN5O/c1-15(5-11(6-15)22-2)21-8-10(7-18-21)14-12-3-4-17-20(12)9-13(16)19-14/h3-4,7-9,11H,5-6H2,1-2H3. The van der Waals surface area contributed by atoms with E-state index in [1.165, 1.54) is 0 Å². The maximum atomic E-state index is 6.09. The SMILES string of the molecule is COC1CC(C)(n2cc(-c3nc(Cl)cn4nccc34)cn2)C1. The van der Waals surface area contributed by atoms with Crippen LogP contribution >= 0.6 is 11.6 Å². The first kappa shape index (κ1) is 13.7. The molecular formula is C15H16ClN5O. The first-order valence-electron chi connectivity index (χ1n) is 7.17. The molecule has 3 heterocycles. The summed E-state index contributed by atoms with van der Waals surface area (Å²) in [7, 11) is 1.75. The lowest BCUT2D eigenvalue weighted by atomic mass is 9.76. The van der Waals surface area contributed by atoms with Crippen molar-refractivity contribution < 1.29 is 4.74 Å². The molecule has 0 atom stereocenters. The zero-order valence-corrected chi connectivity index (χ0v) is 13.2. The summed E-state index contributed by atoms with van der Waals surface area (Å²) in [6, 6.07) is 1.92. The van der Waals surface area contributed by atoms with Crippen molar-refractivity contribution in [3.63, 3.8) is 0 Å². The maximum Gasteiger partial charge on any atom is 0.148 e. The minimum atomic E-state index is 0.00797. The van der Waals surface area contributed by atoms with Gasteiger partial charge < -0.3 is 4.74 Å². The van der Waals surface area contributed by atoms with E-state index in [1.807, 2.05) is 23.1 Å². The van der Waals surface area contributed by atoms with Crippen molar-refractivity contribution in [1.29, 1.82) is 0 Å². The molecule has 0 unspecified atom stereocenters. The first-order chi connectivity index (χ1) is 10.6. The predicted molar refractivity (Wildman–Crippen MR) is 82.9 cm³/mol. The van der Waals surface area contributed by atoms with Crippen LogP contribution in [0.3, 0.4) is 0 Å². The number of rotatable bonds is 3. The highest BCUT2D eigenvalue weighted by atomic mass is 35.5. The normalized spacial score (nSPS) is 24.6. The highest BCUT2D eigenvalue weighted by molar-refractivity contribution is 6.29. The number of nitrogens with zero attached hydrogens (tertiary/aromatic N) is 5. The lowest BCUT2D eigenvalue weighted by molar-refractivity contribution is -0.0469. The Bertz CT molecular complexity index is 833. The van der Waals surface area contributed by atoms with Crippen molar-refractivity contribution >= 4 is 17.1 Å². The molecule has 0 aliphatic heterocycles. The number of aromatic nitrogens is 5. The summed E-state index contributed by atoms with van der Waals surface area (Å²) < 4.78 is 9.11. The van der Waals surface area contributed by atoms with Gasteiger partial charge in [0.2, 0.25) is 0 Å². The van der Waals surface area contributed by atoms with E-state index in [9.17, 15) is 0 Å². The molecular weight excluding hydrogens is 302 g/mol. The third-order valence-corrected chi connectivity index (χ3v) is 4.62. The van der Waals surface area contributed by atoms with Crippen LogP contribution in [0, 0.1) is 0 Å². The van der Waals surface area contributed by atoms with Gasteiger partial charge in [0, 0.05) is 18.9 Å². The van der Waals surface area contributed by atoms with Crippen LogP contribution in [-0.2, 0) is 10.3 Å². The van der Waals surface area contributed by atoms with Crippen LogP contribution in [0.15, 0.2) is 30.9 Å². The highest BCUT2D eigenvalue weighted by Crippen LogP contribution is 2.40. The summed E-state index contributed by atoms with van der Waals surface area (Å²) in [5.41, 5.74) is 2.66. The van der Waals surface area contributed by atoms with Crippen molar-refractivity contribution in [1.82, 2.24) is 24.4 Å². The lowest BCUT2D eigenvalue weighted by Gasteiger charge is -2.44. The van der Waals surface area contributed by atoms with Crippen molar-refractivity contribution in [2.75, 3.05) is 7.11 Å². The van der Waals surface area contributed by atoms with E-state index < -0.39 is 0 Å². The number of hydrogen-bond acceptors (Lipinski definition) is 4. The van der Waals surface area contributed by atoms with Crippen LogP contribution in [0.2, 0.25) is 5.15 Å². The van der Waals surface area contributed by atoms with Crippen molar-refractivity contribution in [2.24, 2.45) is 0 Å². The van der Waals surface area contributed by atoms with Gasteiger partial charge in [0.25, 0.3) is 0 Å². The second kappa shape index (κ2) is 4.79. The Morgan fingerprint density at radius 2 is 2.14 bits per heavy atom. The number of halogens is 1. The maximum absolute atomic E-state index is 6.09. The fourth-order valence-corrected chi connectivity index (χ4v) is 3.30. The Morgan fingerprint density at radius 1 is 1.32 bits per heavy atom. The predicted octanol–water partition coefficient (Wildman–Crippen LogP) is 2.77. The van der Waals surface area contributed by atoms with Gasteiger partial charge in [0.15, 0.2) is 0 Å². The van der Waals surface area contributed by atoms with Gasteiger partial charge >= 0.3 is 0 Å². The summed E-state index contributed by atoms with van der Waals surface area (Å²) in [6.45, 7) is 2.19. The monoisotopic (exact) mass is 317 g/mol. The van der Waals surface area contributed by atoms with Crippen LogP contribution < -0.4 is 0 Å².